The first-order valence-corrected chi connectivity index (χ1v) is 7.76. The maximum absolute atomic E-state index is 11.9. The number of hydrogen-bond donors (Lipinski definition) is 1. The molecule has 1 amide bonds. The fourth-order valence-electron chi connectivity index (χ4n) is 1.74. The van der Waals surface area contributed by atoms with Crippen molar-refractivity contribution in [2.45, 2.75) is 18.7 Å². The Morgan fingerprint density at radius 1 is 1.00 bits per heavy atom. The highest BCUT2D eigenvalue weighted by Gasteiger charge is 2.18. The van der Waals surface area contributed by atoms with Crippen LogP contribution in [0.4, 0.5) is 5.69 Å². The van der Waals surface area contributed by atoms with Crippen LogP contribution in [-0.2, 0) is 4.79 Å². The molecule has 0 aliphatic rings. The predicted octanol–water partition coefficient (Wildman–Crippen LogP) is 4.84. The molecule has 21 heavy (non-hydrogen) atoms. The number of rotatable bonds is 5. The van der Waals surface area contributed by atoms with Crippen LogP contribution in [-0.4, -0.2) is 10.7 Å². The lowest BCUT2D eigenvalue weighted by Crippen LogP contribution is -2.26. The van der Waals surface area contributed by atoms with Crippen LogP contribution in [0.5, 0.6) is 11.5 Å². The molecule has 4 heteroatoms. The molecule has 0 aliphatic carbocycles. The van der Waals surface area contributed by atoms with E-state index in [-0.39, 0.29) is 16.7 Å². The van der Waals surface area contributed by atoms with E-state index in [1.165, 1.54) is 0 Å². The van der Waals surface area contributed by atoms with Crippen molar-refractivity contribution in [2.24, 2.45) is 5.92 Å². The Kier molecular flexibility index (Phi) is 5.39. The summed E-state index contributed by atoms with van der Waals surface area (Å²) in [5.41, 5.74) is 0.755. The van der Waals surface area contributed by atoms with Crippen molar-refractivity contribution in [1.82, 2.24) is 0 Å². The van der Waals surface area contributed by atoms with E-state index in [1.807, 2.05) is 68.4 Å². The predicted molar refractivity (Wildman–Crippen MR) is 89.1 cm³/mol. The van der Waals surface area contributed by atoms with Crippen LogP contribution in [0, 0.1) is 5.92 Å². The van der Waals surface area contributed by atoms with Crippen molar-refractivity contribution in [3.05, 3.63) is 54.6 Å². The summed E-state index contributed by atoms with van der Waals surface area (Å²) < 4.78 is 5.70. The normalized spacial score (nSPS) is 12.0. The quantitative estimate of drug-likeness (QED) is 0.786. The van der Waals surface area contributed by atoms with Crippen LogP contribution >= 0.6 is 15.9 Å². The van der Waals surface area contributed by atoms with Crippen LogP contribution in [0.2, 0.25) is 0 Å². The van der Waals surface area contributed by atoms with Crippen molar-refractivity contribution in [3.8, 4) is 11.5 Å². The number of para-hydroxylation sites is 1. The second kappa shape index (κ2) is 7.27. The molecule has 0 fully saturated rings. The summed E-state index contributed by atoms with van der Waals surface area (Å²) in [6.07, 6.45) is 0. The molecule has 110 valence electrons. The topological polar surface area (TPSA) is 38.3 Å². The van der Waals surface area contributed by atoms with Gasteiger partial charge in [0.2, 0.25) is 5.91 Å². The molecule has 0 spiro atoms. The summed E-state index contributed by atoms with van der Waals surface area (Å²) in [6, 6.07) is 16.9. The highest BCUT2D eigenvalue weighted by molar-refractivity contribution is 9.10. The van der Waals surface area contributed by atoms with Gasteiger partial charge in [0.25, 0.3) is 0 Å². The van der Waals surface area contributed by atoms with Gasteiger partial charge in [-0.1, -0.05) is 48.0 Å². The van der Waals surface area contributed by atoms with Gasteiger partial charge in [-0.15, -0.1) is 0 Å². The third-order valence-electron chi connectivity index (χ3n) is 2.94. The van der Waals surface area contributed by atoms with Gasteiger partial charge in [-0.3, -0.25) is 4.79 Å². The summed E-state index contributed by atoms with van der Waals surface area (Å²) >= 11 is 3.39. The number of halogens is 1. The lowest BCUT2D eigenvalue weighted by Gasteiger charge is -2.14. The highest BCUT2D eigenvalue weighted by Crippen LogP contribution is 2.23. The Labute approximate surface area is 133 Å². The van der Waals surface area contributed by atoms with Crippen LogP contribution in [0.15, 0.2) is 54.6 Å². The van der Waals surface area contributed by atoms with E-state index in [4.69, 9.17) is 4.74 Å². The maximum atomic E-state index is 11.9. The molecule has 0 saturated heterocycles. The fraction of sp³-hybridized carbons (Fsp3) is 0.235. The van der Waals surface area contributed by atoms with E-state index in [0.29, 0.717) is 0 Å². The SMILES string of the molecule is CC(C)C(Br)C(=O)Nc1ccc(Oc2ccccc2)cc1. The largest absolute Gasteiger partial charge is 0.457 e. The summed E-state index contributed by atoms with van der Waals surface area (Å²) in [5, 5.41) is 2.87. The Morgan fingerprint density at radius 3 is 2.14 bits per heavy atom. The van der Waals surface area contributed by atoms with Gasteiger partial charge in [0.1, 0.15) is 11.5 Å². The van der Waals surface area contributed by atoms with E-state index in [0.717, 1.165) is 17.2 Å². The van der Waals surface area contributed by atoms with E-state index >= 15 is 0 Å². The molecule has 0 heterocycles. The molecule has 2 aromatic carbocycles. The number of hydrogen-bond acceptors (Lipinski definition) is 2. The second-order valence-electron chi connectivity index (χ2n) is 5.07. The molecule has 2 rings (SSSR count). The van der Waals surface area contributed by atoms with Gasteiger partial charge in [0.15, 0.2) is 0 Å². The monoisotopic (exact) mass is 347 g/mol. The number of carbonyl (C=O) groups is 1. The van der Waals surface area contributed by atoms with Crippen molar-refractivity contribution in [3.63, 3.8) is 0 Å². The van der Waals surface area contributed by atoms with Crippen LogP contribution in [0.3, 0.4) is 0 Å². The summed E-state index contributed by atoms with van der Waals surface area (Å²) in [5.74, 6) is 1.72. The van der Waals surface area contributed by atoms with E-state index in [9.17, 15) is 4.79 Å². The zero-order chi connectivity index (χ0) is 15.2. The van der Waals surface area contributed by atoms with Crippen LogP contribution < -0.4 is 10.1 Å². The molecular weight excluding hydrogens is 330 g/mol. The third-order valence-corrected chi connectivity index (χ3v) is 4.41. The van der Waals surface area contributed by atoms with Crippen molar-refractivity contribution in [2.75, 3.05) is 5.32 Å². The maximum Gasteiger partial charge on any atom is 0.238 e. The third kappa shape index (κ3) is 4.60. The molecule has 3 nitrogen and oxygen atoms in total. The Hall–Kier alpha value is -1.81. The highest BCUT2D eigenvalue weighted by atomic mass is 79.9. The fourth-order valence-corrected chi connectivity index (χ4v) is 1.86. The molecular formula is C17H18BrNO2. The zero-order valence-corrected chi connectivity index (χ0v) is 13.6. The van der Waals surface area contributed by atoms with Gasteiger partial charge in [-0.05, 0) is 42.3 Å². The van der Waals surface area contributed by atoms with Crippen molar-refractivity contribution in [1.29, 1.82) is 0 Å². The van der Waals surface area contributed by atoms with Crippen LogP contribution in [0.25, 0.3) is 0 Å². The van der Waals surface area contributed by atoms with Gasteiger partial charge in [-0.2, -0.15) is 0 Å². The first kappa shape index (κ1) is 15.6. The molecule has 0 saturated carbocycles. The number of anilines is 1. The summed E-state index contributed by atoms with van der Waals surface area (Å²) in [6.45, 7) is 3.99. The van der Waals surface area contributed by atoms with Crippen molar-refractivity contribution >= 4 is 27.5 Å². The lowest BCUT2D eigenvalue weighted by atomic mass is 10.1. The average molecular weight is 348 g/mol. The smallest absolute Gasteiger partial charge is 0.238 e. The number of benzene rings is 2. The second-order valence-corrected chi connectivity index (χ2v) is 6.06. The van der Waals surface area contributed by atoms with Gasteiger partial charge in [0, 0.05) is 5.69 Å². The van der Waals surface area contributed by atoms with Crippen molar-refractivity contribution < 1.29 is 9.53 Å². The number of amides is 1. The van der Waals surface area contributed by atoms with Gasteiger partial charge in [-0.25, -0.2) is 0 Å². The minimum absolute atomic E-state index is 0.0401. The Morgan fingerprint density at radius 2 is 1.57 bits per heavy atom. The summed E-state index contributed by atoms with van der Waals surface area (Å²) in [4.78, 5) is 11.7. The molecule has 1 N–H and O–H groups in total. The van der Waals surface area contributed by atoms with Crippen LogP contribution in [0.1, 0.15) is 13.8 Å². The van der Waals surface area contributed by atoms with Gasteiger partial charge in [0.05, 0.1) is 4.83 Å². The first-order chi connectivity index (χ1) is 10.1. The van der Waals surface area contributed by atoms with E-state index in [1.54, 1.807) is 0 Å². The number of nitrogens with one attached hydrogen (secondary N) is 1. The minimum Gasteiger partial charge on any atom is -0.457 e. The molecule has 1 atom stereocenters. The Balaban J connectivity index is 1.98. The molecule has 1 unspecified atom stereocenters. The van der Waals surface area contributed by atoms with E-state index in [2.05, 4.69) is 21.2 Å². The standard InChI is InChI=1S/C17H18BrNO2/c1-12(2)16(18)17(20)19-13-8-10-15(11-9-13)21-14-6-4-3-5-7-14/h3-12,16H,1-2H3,(H,19,20). The number of ether oxygens (including phenoxy) is 1. The first-order valence-electron chi connectivity index (χ1n) is 6.84. The molecule has 0 aromatic heterocycles. The zero-order valence-electron chi connectivity index (χ0n) is 12.0. The summed E-state index contributed by atoms with van der Waals surface area (Å²) in [7, 11) is 0. The lowest BCUT2D eigenvalue weighted by molar-refractivity contribution is -0.116. The average Bonchev–Trinajstić information content (AvgIpc) is 2.49. The van der Waals surface area contributed by atoms with E-state index < -0.39 is 0 Å². The number of carbonyl (C=O) groups excluding carboxylic acids is 1. The molecule has 0 radical (unpaired) electrons. The van der Waals surface area contributed by atoms with Gasteiger partial charge < -0.3 is 10.1 Å². The molecule has 0 aliphatic heterocycles. The number of alkyl halides is 1. The van der Waals surface area contributed by atoms with Gasteiger partial charge >= 0.3 is 0 Å². The molecule has 0 bridgehead atoms. The minimum atomic E-state index is -0.197. The Bertz CT molecular complexity index is 581. The molecule has 2 aromatic rings.